The number of anilines is 1. The number of hydrogen-bond acceptors (Lipinski definition) is 4. The molecule has 120 valence electrons. The molecule has 0 atom stereocenters. The SMILES string of the molecule is CNC(=O)CN1CCN(c2ccc(C(C)(C)C)nc2)C(=O)C1. The van der Waals surface area contributed by atoms with Gasteiger partial charge in [0.1, 0.15) is 0 Å². The number of likely N-dealkylation sites (N-methyl/N-ethyl adjacent to an activating group) is 1. The Morgan fingerprint density at radius 3 is 2.55 bits per heavy atom. The first kappa shape index (κ1) is 16.4. The van der Waals surface area contributed by atoms with E-state index >= 15 is 0 Å². The average Bonchev–Trinajstić information content (AvgIpc) is 2.46. The van der Waals surface area contributed by atoms with Gasteiger partial charge in [0, 0.05) is 31.2 Å². The van der Waals surface area contributed by atoms with Crippen LogP contribution in [-0.2, 0) is 15.0 Å². The van der Waals surface area contributed by atoms with E-state index in [0.29, 0.717) is 13.1 Å². The zero-order chi connectivity index (χ0) is 16.3. The molecule has 0 radical (unpaired) electrons. The highest BCUT2D eigenvalue weighted by molar-refractivity contribution is 5.95. The topological polar surface area (TPSA) is 65.5 Å². The molecule has 0 aliphatic carbocycles. The van der Waals surface area contributed by atoms with Crippen molar-refractivity contribution in [2.24, 2.45) is 0 Å². The van der Waals surface area contributed by atoms with Crippen molar-refractivity contribution in [3.63, 3.8) is 0 Å². The fraction of sp³-hybridized carbons (Fsp3) is 0.562. The van der Waals surface area contributed by atoms with E-state index in [0.717, 1.165) is 11.4 Å². The second-order valence-electron chi connectivity index (χ2n) is 6.58. The van der Waals surface area contributed by atoms with Gasteiger partial charge >= 0.3 is 0 Å². The lowest BCUT2D eigenvalue weighted by Crippen LogP contribution is -2.52. The van der Waals surface area contributed by atoms with Crippen molar-refractivity contribution in [2.75, 3.05) is 38.1 Å². The molecule has 1 N–H and O–H groups in total. The van der Waals surface area contributed by atoms with E-state index in [1.165, 1.54) is 0 Å². The maximum Gasteiger partial charge on any atom is 0.241 e. The van der Waals surface area contributed by atoms with E-state index in [2.05, 4.69) is 31.1 Å². The van der Waals surface area contributed by atoms with Gasteiger partial charge in [0.25, 0.3) is 0 Å². The average molecular weight is 304 g/mol. The first-order valence-electron chi connectivity index (χ1n) is 7.51. The van der Waals surface area contributed by atoms with E-state index in [9.17, 15) is 9.59 Å². The summed E-state index contributed by atoms with van der Waals surface area (Å²) >= 11 is 0. The summed E-state index contributed by atoms with van der Waals surface area (Å²) in [4.78, 5) is 31.7. The summed E-state index contributed by atoms with van der Waals surface area (Å²) in [5, 5.41) is 2.57. The maximum absolute atomic E-state index is 12.3. The largest absolute Gasteiger partial charge is 0.358 e. The first-order valence-corrected chi connectivity index (χ1v) is 7.51. The molecule has 2 amide bonds. The van der Waals surface area contributed by atoms with Crippen LogP contribution in [0.3, 0.4) is 0 Å². The number of rotatable bonds is 3. The van der Waals surface area contributed by atoms with Gasteiger partial charge in [0.05, 0.1) is 25.0 Å². The lowest BCUT2D eigenvalue weighted by Gasteiger charge is -2.33. The zero-order valence-corrected chi connectivity index (χ0v) is 13.7. The Labute approximate surface area is 131 Å². The van der Waals surface area contributed by atoms with Crippen molar-refractivity contribution in [1.82, 2.24) is 15.2 Å². The third kappa shape index (κ3) is 3.82. The first-order chi connectivity index (χ1) is 10.3. The van der Waals surface area contributed by atoms with Crippen LogP contribution in [0, 0.1) is 0 Å². The van der Waals surface area contributed by atoms with E-state index < -0.39 is 0 Å². The summed E-state index contributed by atoms with van der Waals surface area (Å²) in [5.41, 5.74) is 1.81. The fourth-order valence-electron chi connectivity index (χ4n) is 2.40. The van der Waals surface area contributed by atoms with Gasteiger partial charge in [0.15, 0.2) is 0 Å². The van der Waals surface area contributed by atoms with Crippen molar-refractivity contribution in [1.29, 1.82) is 0 Å². The Balaban J connectivity index is 2.03. The Bertz CT molecular complexity index is 548. The van der Waals surface area contributed by atoms with E-state index in [1.807, 2.05) is 17.0 Å². The highest BCUT2D eigenvalue weighted by Gasteiger charge is 2.26. The lowest BCUT2D eigenvalue weighted by molar-refractivity contribution is -0.125. The van der Waals surface area contributed by atoms with E-state index in [-0.39, 0.29) is 30.3 Å². The lowest BCUT2D eigenvalue weighted by atomic mass is 9.92. The smallest absolute Gasteiger partial charge is 0.241 e. The normalized spacial score (nSPS) is 16.7. The molecule has 1 aliphatic rings. The minimum absolute atomic E-state index is 0.000428. The molecular weight excluding hydrogens is 280 g/mol. The summed E-state index contributed by atoms with van der Waals surface area (Å²) in [6, 6.07) is 3.92. The van der Waals surface area contributed by atoms with E-state index in [4.69, 9.17) is 0 Å². The molecule has 2 heterocycles. The van der Waals surface area contributed by atoms with Gasteiger partial charge in [-0.25, -0.2) is 0 Å². The molecule has 1 aromatic rings. The summed E-state index contributed by atoms with van der Waals surface area (Å²) < 4.78 is 0. The highest BCUT2D eigenvalue weighted by Crippen LogP contribution is 2.23. The van der Waals surface area contributed by atoms with Crippen LogP contribution in [0.15, 0.2) is 18.3 Å². The molecule has 1 fully saturated rings. The van der Waals surface area contributed by atoms with Crippen molar-refractivity contribution in [3.8, 4) is 0 Å². The van der Waals surface area contributed by atoms with Gasteiger partial charge < -0.3 is 10.2 Å². The van der Waals surface area contributed by atoms with Crippen LogP contribution < -0.4 is 10.2 Å². The summed E-state index contributed by atoms with van der Waals surface area (Å²) in [5.74, 6) is -0.0714. The quantitative estimate of drug-likeness (QED) is 0.896. The molecule has 0 aromatic carbocycles. The Morgan fingerprint density at radius 1 is 1.32 bits per heavy atom. The van der Waals surface area contributed by atoms with Crippen molar-refractivity contribution >= 4 is 17.5 Å². The van der Waals surface area contributed by atoms with Crippen LogP contribution >= 0.6 is 0 Å². The number of pyridine rings is 1. The maximum atomic E-state index is 12.3. The Morgan fingerprint density at radius 2 is 2.05 bits per heavy atom. The molecule has 2 rings (SSSR count). The number of nitrogens with zero attached hydrogens (tertiary/aromatic N) is 3. The molecule has 6 nitrogen and oxygen atoms in total. The molecule has 0 saturated carbocycles. The predicted molar refractivity (Wildman–Crippen MR) is 85.8 cm³/mol. The monoisotopic (exact) mass is 304 g/mol. The minimum atomic E-state index is -0.0718. The molecule has 0 spiro atoms. The van der Waals surface area contributed by atoms with Crippen LogP contribution in [-0.4, -0.2) is 54.9 Å². The van der Waals surface area contributed by atoms with Crippen LogP contribution in [0.1, 0.15) is 26.5 Å². The van der Waals surface area contributed by atoms with Crippen molar-refractivity contribution in [2.45, 2.75) is 26.2 Å². The number of carbonyl (C=O) groups is 2. The highest BCUT2D eigenvalue weighted by atomic mass is 16.2. The van der Waals surface area contributed by atoms with Crippen LogP contribution in [0.4, 0.5) is 5.69 Å². The van der Waals surface area contributed by atoms with Crippen molar-refractivity contribution < 1.29 is 9.59 Å². The second-order valence-corrected chi connectivity index (χ2v) is 6.58. The summed E-state index contributed by atoms with van der Waals surface area (Å²) in [6.45, 7) is 8.10. The molecule has 0 unspecified atom stereocenters. The van der Waals surface area contributed by atoms with Crippen LogP contribution in [0.5, 0.6) is 0 Å². The third-order valence-electron chi connectivity index (χ3n) is 3.77. The van der Waals surface area contributed by atoms with Crippen molar-refractivity contribution in [3.05, 3.63) is 24.0 Å². The predicted octanol–water partition coefficient (Wildman–Crippen LogP) is 0.774. The number of aromatic nitrogens is 1. The molecule has 0 bridgehead atoms. The van der Waals surface area contributed by atoms with Crippen LogP contribution in [0.25, 0.3) is 0 Å². The van der Waals surface area contributed by atoms with Gasteiger partial charge in [-0.3, -0.25) is 19.5 Å². The zero-order valence-electron chi connectivity index (χ0n) is 13.7. The molecule has 1 aliphatic heterocycles. The van der Waals surface area contributed by atoms with Crippen LogP contribution in [0.2, 0.25) is 0 Å². The molecular formula is C16H24N4O2. The Kier molecular flexibility index (Phi) is 4.81. The number of hydrogen-bond donors (Lipinski definition) is 1. The standard InChI is InChI=1S/C16H24N4O2/c1-16(2,3)13-6-5-12(9-18-13)20-8-7-19(11-15(20)22)10-14(21)17-4/h5-6,9H,7-8,10-11H2,1-4H3,(H,17,21). The number of nitrogens with one attached hydrogen (secondary N) is 1. The second kappa shape index (κ2) is 6.44. The Hall–Kier alpha value is -1.95. The van der Waals surface area contributed by atoms with Gasteiger partial charge in [0.2, 0.25) is 11.8 Å². The van der Waals surface area contributed by atoms with E-state index in [1.54, 1.807) is 18.1 Å². The van der Waals surface area contributed by atoms with Gasteiger partial charge in [-0.15, -0.1) is 0 Å². The summed E-state index contributed by atoms with van der Waals surface area (Å²) in [6.07, 6.45) is 1.76. The van der Waals surface area contributed by atoms with Gasteiger partial charge in [-0.1, -0.05) is 20.8 Å². The molecule has 1 aromatic heterocycles. The molecule has 1 saturated heterocycles. The number of piperazine rings is 1. The number of amides is 2. The van der Waals surface area contributed by atoms with Gasteiger partial charge in [-0.2, -0.15) is 0 Å². The number of carbonyl (C=O) groups excluding carboxylic acids is 2. The molecule has 22 heavy (non-hydrogen) atoms. The minimum Gasteiger partial charge on any atom is -0.358 e. The third-order valence-corrected chi connectivity index (χ3v) is 3.77. The molecule has 6 heteroatoms. The van der Waals surface area contributed by atoms with Gasteiger partial charge in [-0.05, 0) is 12.1 Å². The summed E-state index contributed by atoms with van der Waals surface area (Å²) in [7, 11) is 1.60. The fourth-order valence-corrected chi connectivity index (χ4v) is 2.40.